The summed E-state index contributed by atoms with van der Waals surface area (Å²) in [5.41, 5.74) is -0.839. The predicted molar refractivity (Wildman–Crippen MR) is 74.3 cm³/mol. The van der Waals surface area contributed by atoms with Crippen molar-refractivity contribution in [3.05, 3.63) is 22.2 Å². The van der Waals surface area contributed by atoms with E-state index in [0.717, 1.165) is 0 Å². The monoisotopic (exact) mass is 282 g/mol. The van der Waals surface area contributed by atoms with Gasteiger partial charge in [0.05, 0.1) is 25.2 Å². The van der Waals surface area contributed by atoms with Crippen LogP contribution in [0.25, 0.3) is 0 Å². The van der Waals surface area contributed by atoms with Gasteiger partial charge in [0.2, 0.25) is 5.91 Å². The molecule has 1 aromatic rings. The van der Waals surface area contributed by atoms with E-state index in [9.17, 15) is 14.9 Å². The first-order valence-corrected chi connectivity index (χ1v) is 5.92. The van der Waals surface area contributed by atoms with Crippen LogP contribution in [-0.4, -0.2) is 25.1 Å². The summed E-state index contributed by atoms with van der Waals surface area (Å²) in [6.07, 6.45) is 0. The van der Waals surface area contributed by atoms with E-state index in [0.29, 0.717) is 5.75 Å². The van der Waals surface area contributed by atoms with Crippen LogP contribution in [0.1, 0.15) is 20.8 Å². The maximum Gasteiger partial charge on any atom is 0.296 e. The Balaban J connectivity index is 3.30. The van der Waals surface area contributed by atoms with Gasteiger partial charge in [0.25, 0.3) is 5.69 Å². The molecule has 0 spiro atoms. The molecule has 0 saturated carbocycles. The number of hydrogen-bond donors (Lipinski definition) is 1. The van der Waals surface area contributed by atoms with Gasteiger partial charge in [0.15, 0.2) is 11.5 Å². The second kappa shape index (κ2) is 5.77. The SMILES string of the molecule is COc1cc(NC(=O)C(C)(C)C)c([N+](=O)[O-])cc1OC. The molecule has 1 rings (SSSR count). The summed E-state index contributed by atoms with van der Waals surface area (Å²) in [4.78, 5) is 22.5. The number of amides is 1. The molecule has 7 heteroatoms. The molecule has 0 saturated heterocycles. The number of carbonyl (C=O) groups excluding carboxylic acids is 1. The summed E-state index contributed by atoms with van der Waals surface area (Å²) in [5, 5.41) is 13.6. The Labute approximate surface area is 117 Å². The van der Waals surface area contributed by atoms with Crippen LogP contribution in [0.5, 0.6) is 11.5 Å². The highest BCUT2D eigenvalue weighted by Gasteiger charge is 2.26. The third kappa shape index (κ3) is 3.37. The van der Waals surface area contributed by atoms with Gasteiger partial charge in [-0.25, -0.2) is 0 Å². The summed E-state index contributed by atoms with van der Waals surface area (Å²) >= 11 is 0. The number of carbonyl (C=O) groups is 1. The Hall–Kier alpha value is -2.31. The minimum Gasteiger partial charge on any atom is -0.493 e. The molecule has 1 aromatic carbocycles. The van der Waals surface area contributed by atoms with Crippen LogP contribution in [0, 0.1) is 15.5 Å². The summed E-state index contributed by atoms with van der Waals surface area (Å²) in [6.45, 7) is 5.15. The van der Waals surface area contributed by atoms with Gasteiger partial charge < -0.3 is 14.8 Å². The molecule has 0 bridgehead atoms. The lowest BCUT2D eigenvalue weighted by Gasteiger charge is -2.18. The fraction of sp³-hybridized carbons (Fsp3) is 0.462. The van der Waals surface area contributed by atoms with E-state index in [2.05, 4.69) is 5.32 Å². The molecule has 110 valence electrons. The molecule has 20 heavy (non-hydrogen) atoms. The Morgan fingerprint density at radius 3 is 2.10 bits per heavy atom. The Kier molecular flexibility index (Phi) is 4.54. The van der Waals surface area contributed by atoms with Crippen LogP contribution in [0.4, 0.5) is 11.4 Å². The number of benzene rings is 1. The number of ether oxygens (including phenoxy) is 2. The zero-order valence-corrected chi connectivity index (χ0v) is 12.1. The lowest BCUT2D eigenvalue weighted by molar-refractivity contribution is -0.384. The van der Waals surface area contributed by atoms with Gasteiger partial charge in [-0.05, 0) is 0 Å². The maximum atomic E-state index is 12.0. The molecule has 0 radical (unpaired) electrons. The molecular formula is C13H18N2O5. The van der Waals surface area contributed by atoms with Gasteiger partial charge >= 0.3 is 0 Å². The van der Waals surface area contributed by atoms with E-state index in [-0.39, 0.29) is 23.0 Å². The largest absolute Gasteiger partial charge is 0.493 e. The summed E-state index contributed by atoms with van der Waals surface area (Å²) in [7, 11) is 2.80. The second-order valence-corrected chi connectivity index (χ2v) is 5.19. The molecule has 0 unspecified atom stereocenters. The minimum atomic E-state index is -0.666. The number of anilines is 1. The highest BCUT2D eigenvalue weighted by Crippen LogP contribution is 2.38. The highest BCUT2D eigenvalue weighted by molar-refractivity contribution is 5.97. The molecule has 0 aliphatic rings. The Morgan fingerprint density at radius 1 is 1.20 bits per heavy atom. The number of nitro groups is 1. The van der Waals surface area contributed by atoms with Crippen LogP contribution in [0.3, 0.4) is 0 Å². The van der Waals surface area contributed by atoms with Gasteiger partial charge in [-0.2, -0.15) is 0 Å². The van der Waals surface area contributed by atoms with Crippen LogP contribution >= 0.6 is 0 Å². The topological polar surface area (TPSA) is 90.7 Å². The molecule has 0 fully saturated rings. The van der Waals surface area contributed by atoms with E-state index >= 15 is 0 Å². The van der Waals surface area contributed by atoms with Crippen molar-refractivity contribution in [2.45, 2.75) is 20.8 Å². The van der Waals surface area contributed by atoms with Crippen LogP contribution < -0.4 is 14.8 Å². The molecule has 1 N–H and O–H groups in total. The van der Waals surface area contributed by atoms with Crippen LogP contribution in [0.15, 0.2) is 12.1 Å². The Morgan fingerprint density at radius 2 is 1.70 bits per heavy atom. The van der Waals surface area contributed by atoms with Crippen LogP contribution in [0.2, 0.25) is 0 Å². The van der Waals surface area contributed by atoms with Gasteiger partial charge in [0.1, 0.15) is 5.69 Å². The van der Waals surface area contributed by atoms with E-state index in [4.69, 9.17) is 9.47 Å². The molecule has 1 amide bonds. The van der Waals surface area contributed by atoms with E-state index in [1.165, 1.54) is 26.4 Å². The summed E-state index contributed by atoms with van der Waals surface area (Å²) < 4.78 is 10.1. The molecule has 0 atom stereocenters. The number of hydrogen-bond acceptors (Lipinski definition) is 5. The van der Waals surface area contributed by atoms with Crippen molar-refractivity contribution in [2.75, 3.05) is 19.5 Å². The van der Waals surface area contributed by atoms with Crippen molar-refractivity contribution in [1.82, 2.24) is 0 Å². The Bertz CT molecular complexity index is 534. The lowest BCUT2D eigenvalue weighted by atomic mass is 9.95. The van der Waals surface area contributed by atoms with Gasteiger partial charge in [0, 0.05) is 11.5 Å². The second-order valence-electron chi connectivity index (χ2n) is 5.19. The van der Waals surface area contributed by atoms with E-state index in [1.807, 2.05) is 0 Å². The van der Waals surface area contributed by atoms with E-state index in [1.54, 1.807) is 20.8 Å². The zero-order valence-electron chi connectivity index (χ0n) is 12.1. The lowest BCUT2D eigenvalue weighted by Crippen LogP contribution is -2.28. The fourth-order valence-electron chi connectivity index (χ4n) is 1.43. The first kappa shape index (κ1) is 15.7. The van der Waals surface area contributed by atoms with Crippen molar-refractivity contribution in [3.63, 3.8) is 0 Å². The van der Waals surface area contributed by atoms with Crippen molar-refractivity contribution in [1.29, 1.82) is 0 Å². The molecule has 7 nitrogen and oxygen atoms in total. The third-order valence-electron chi connectivity index (χ3n) is 2.63. The molecule has 0 aliphatic carbocycles. The maximum absolute atomic E-state index is 12.0. The molecule has 0 aromatic heterocycles. The number of methoxy groups -OCH3 is 2. The standard InChI is InChI=1S/C13H18N2O5/c1-13(2,3)12(16)14-8-6-10(19-4)11(20-5)7-9(8)15(17)18/h6-7H,1-5H3,(H,14,16). The van der Waals surface area contributed by atoms with Crippen LogP contribution in [-0.2, 0) is 4.79 Å². The minimum absolute atomic E-state index is 0.0765. The van der Waals surface area contributed by atoms with Crippen molar-refractivity contribution < 1.29 is 19.2 Å². The number of nitrogens with one attached hydrogen (secondary N) is 1. The smallest absolute Gasteiger partial charge is 0.296 e. The van der Waals surface area contributed by atoms with E-state index < -0.39 is 10.3 Å². The molecule has 0 aliphatic heterocycles. The van der Waals surface area contributed by atoms with Crippen molar-refractivity contribution in [2.24, 2.45) is 5.41 Å². The highest BCUT2D eigenvalue weighted by atomic mass is 16.6. The molecule has 0 heterocycles. The number of nitro benzene ring substituents is 1. The average molecular weight is 282 g/mol. The zero-order chi connectivity index (χ0) is 15.5. The number of rotatable bonds is 4. The quantitative estimate of drug-likeness (QED) is 0.677. The van der Waals surface area contributed by atoms with Gasteiger partial charge in [-0.3, -0.25) is 14.9 Å². The molecular weight excluding hydrogens is 264 g/mol. The van der Waals surface area contributed by atoms with Gasteiger partial charge in [-0.1, -0.05) is 20.8 Å². The predicted octanol–water partition coefficient (Wildman–Crippen LogP) is 2.60. The fourth-order valence-corrected chi connectivity index (χ4v) is 1.43. The summed E-state index contributed by atoms with van der Waals surface area (Å²) in [5.74, 6) is 0.211. The number of nitrogens with zero attached hydrogens (tertiary/aromatic N) is 1. The first-order chi connectivity index (χ1) is 9.20. The first-order valence-electron chi connectivity index (χ1n) is 5.92. The van der Waals surface area contributed by atoms with Crippen molar-refractivity contribution >= 4 is 17.3 Å². The van der Waals surface area contributed by atoms with Crippen molar-refractivity contribution in [3.8, 4) is 11.5 Å². The summed E-state index contributed by atoms with van der Waals surface area (Å²) in [6, 6.07) is 2.59. The third-order valence-corrected chi connectivity index (χ3v) is 2.63. The van der Waals surface area contributed by atoms with Gasteiger partial charge in [-0.15, -0.1) is 0 Å². The average Bonchev–Trinajstić information content (AvgIpc) is 2.36. The normalized spacial score (nSPS) is 10.8.